The molecule has 0 aliphatic heterocycles. The van der Waals surface area contributed by atoms with Gasteiger partial charge in [-0.3, -0.25) is 9.59 Å². The number of rotatable bonds is 5. The van der Waals surface area contributed by atoms with Gasteiger partial charge in [0.1, 0.15) is 0 Å². The number of hydrogen-bond acceptors (Lipinski definition) is 4. The predicted octanol–water partition coefficient (Wildman–Crippen LogP) is 1.43. The molecule has 0 aliphatic carbocycles. The smallest absolute Gasteiger partial charge is 0.310 e. The number of ether oxygens (including phenoxy) is 2. The van der Waals surface area contributed by atoms with Gasteiger partial charge in [-0.1, -0.05) is 0 Å². The maximum absolute atomic E-state index is 12.8. The molecule has 1 heterocycles. The summed E-state index contributed by atoms with van der Waals surface area (Å²) in [7, 11) is 1.24. The molecule has 0 bridgehead atoms. The molecule has 0 atom stereocenters. The Balaban J connectivity index is 3.16. The monoisotopic (exact) mass is 261 g/mol. The Morgan fingerprint density at radius 2 is 2.17 bits per heavy atom. The topological polar surface area (TPSA) is 68.4 Å². The van der Waals surface area contributed by atoms with Crippen LogP contribution in [0.3, 0.4) is 0 Å². The first kappa shape index (κ1) is 14.1. The molecule has 1 rings (SSSR count). The Hall–Kier alpha value is -1.92. The molecular formula is C11H13F2NO4. The van der Waals surface area contributed by atoms with Gasteiger partial charge in [0, 0.05) is 11.6 Å². The molecule has 0 aromatic carbocycles. The van der Waals surface area contributed by atoms with Gasteiger partial charge < -0.3 is 14.5 Å². The number of carbonyl (C=O) groups excluding carboxylic acids is 1. The molecule has 0 fully saturated rings. The van der Waals surface area contributed by atoms with Crippen molar-refractivity contribution in [3.05, 3.63) is 27.5 Å². The summed E-state index contributed by atoms with van der Waals surface area (Å²) in [5, 5.41) is 0. The van der Waals surface area contributed by atoms with E-state index in [0.29, 0.717) is 0 Å². The maximum atomic E-state index is 12.8. The number of esters is 1. The lowest BCUT2D eigenvalue weighted by molar-refractivity contribution is -0.142. The quantitative estimate of drug-likeness (QED) is 0.814. The maximum Gasteiger partial charge on any atom is 0.310 e. The van der Waals surface area contributed by atoms with Crippen molar-refractivity contribution in [1.82, 2.24) is 4.98 Å². The van der Waals surface area contributed by atoms with Crippen LogP contribution < -0.4 is 10.2 Å². The molecule has 5 nitrogen and oxygen atoms in total. The summed E-state index contributed by atoms with van der Waals surface area (Å²) in [5.74, 6) is -0.807. The normalized spacial score (nSPS) is 10.5. The van der Waals surface area contributed by atoms with Gasteiger partial charge in [-0.05, 0) is 6.92 Å². The minimum absolute atomic E-state index is 0.0806. The van der Waals surface area contributed by atoms with Crippen molar-refractivity contribution >= 4 is 5.97 Å². The van der Waals surface area contributed by atoms with E-state index in [9.17, 15) is 18.4 Å². The summed E-state index contributed by atoms with van der Waals surface area (Å²) >= 11 is 0. The van der Waals surface area contributed by atoms with Crippen LogP contribution in [-0.4, -0.2) is 24.7 Å². The van der Waals surface area contributed by atoms with Crippen LogP contribution in [-0.2, 0) is 16.0 Å². The van der Waals surface area contributed by atoms with Gasteiger partial charge in [0.15, 0.2) is 11.3 Å². The van der Waals surface area contributed by atoms with E-state index in [1.165, 1.54) is 7.11 Å². The minimum atomic E-state index is -2.91. The standard InChI is InChI=1S/C11H13F2NO4/c1-3-18-9(16)4-6-7(15)5-8(17-2)14-10(6)11(12)13/h5,11H,3-4H2,1-2H3,(H,14,15). The number of aromatic amines is 1. The molecule has 0 unspecified atom stereocenters. The highest BCUT2D eigenvalue weighted by Gasteiger charge is 2.20. The largest absolute Gasteiger partial charge is 0.482 e. The van der Waals surface area contributed by atoms with Gasteiger partial charge in [0.25, 0.3) is 6.43 Å². The molecule has 0 aliphatic rings. The Labute approximate surface area is 102 Å². The Bertz CT molecular complexity index is 484. The lowest BCUT2D eigenvalue weighted by atomic mass is 10.1. The summed E-state index contributed by atoms with van der Waals surface area (Å²) in [5.41, 5.74) is -1.61. The average molecular weight is 261 g/mol. The lowest BCUT2D eigenvalue weighted by Gasteiger charge is -2.10. The summed E-state index contributed by atoms with van der Waals surface area (Å²) in [6.45, 7) is 1.71. The third kappa shape index (κ3) is 3.28. The Morgan fingerprint density at radius 3 is 2.67 bits per heavy atom. The van der Waals surface area contributed by atoms with Crippen molar-refractivity contribution in [2.75, 3.05) is 13.7 Å². The van der Waals surface area contributed by atoms with Crippen molar-refractivity contribution in [1.29, 1.82) is 0 Å². The van der Waals surface area contributed by atoms with E-state index in [-0.39, 0.29) is 18.1 Å². The molecule has 0 radical (unpaired) electrons. The summed E-state index contributed by atoms with van der Waals surface area (Å²) < 4.78 is 34.9. The number of halogens is 2. The fourth-order valence-electron chi connectivity index (χ4n) is 1.42. The number of aromatic nitrogens is 1. The first-order valence-corrected chi connectivity index (χ1v) is 5.23. The van der Waals surface area contributed by atoms with Crippen LogP contribution in [0.15, 0.2) is 10.9 Å². The number of carbonyl (C=O) groups is 1. The Kier molecular flexibility index (Phi) is 4.82. The van der Waals surface area contributed by atoms with Crippen molar-refractivity contribution in [3.63, 3.8) is 0 Å². The SMILES string of the molecule is CCOC(=O)Cc1c(C(F)F)[nH]c(OC)cc1=O. The lowest BCUT2D eigenvalue weighted by Crippen LogP contribution is -2.19. The molecule has 7 heteroatoms. The van der Waals surface area contributed by atoms with E-state index < -0.39 is 29.9 Å². The zero-order valence-corrected chi connectivity index (χ0v) is 9.96. The molecule has 0 spiro atoms. The highest BCUT2D eigenvalue weighted by atomic mass is 19.3. The van der Waals surface area contributed by atoms with Crippen LogP contribution in [0.1, 0.15) is 24.6 Å². The highest BCUT2D eigenvalue weighted by Crippen LogP contribution is 2.21. The van der Waals surface area contributed by atoms with Crippen LogP contribution in [0.5, 0.6) is 5.88 Å². The fraction of sp³-hybridized carbons (Fsp3) is 0.455. The number of nitrogens with one attached hydrogen (secondary N) is 1. The van der Waals surface area contributed by atoms with E-state index in [2.05, 4.69) is 14.5 Å². The third-order valence-electron chi connectivity index (χ3n) is 2.21. The molecule has 100 valence electrons. The van der Waals surface area contributed by atoms with Gasteiger partial charge in [0.05, 0.1) is 25.8 Å². The summed E-state index contributed by atoms with van der Waals surface area (Å²) in [6.07, 6.45) is -3.40. The highest BCUT2D eigenvalue weighted by molar-refractivity contribution is 5.72. The van der Waals surface area contributed by atoms with Crippen molar-refractivity contribution < 1.29 is 23.0 Å². The second kappa shape index (κ2) is 6.13. The number of methoxy groups -OCH3 is 1. The fourth-order valence-corrected chi connectivity index (χ4v) is 1.42. The van der Waals surface area contributed by atoms with Crippen molar-refractivity contribution in [2.24, 2.45) is 0 Å². The van der Waals surface area contributed by atoms with Crippen molar-refractivity contribution in [2.45, 2.75) is 19.8 Å². The zero-order valence-electron chi connectivity index (χ0n) is 9.96. The molecule has 1 N–H and O–H groups in total. The van der Waals surface area contributed by atoms with E-state index in [0.717, 1.165) is 6.07 Å². The zero-order chi connectivity index (χ0) is 13.7. The predicted molar refractivity (Wildman–Crippen MR) is 58.9 cm³/mol. The van der Waals surface area contributed by atoms with Gasteiger partial charge in [0.2, 0.25) is 0 Å². The first-order chi connectivity index (χ1) is 8.49. The van der Waals surface area contributed by atoms with Gasteiger partial charge in [-0.25, -0.2) is 8.78 Å². The molecule has 18 heavy (non-hydrogen) atoms. The molecular weight excluding hydrogens is 248 g/mol. The van der Waals surface area contributed by atoms with E-state index in [1.54, 1.807) is 6.92 Å². The number of alkyl halides is 2. The minimum Gasteiger partial charge on any atom is -0.482 e. The number of pyridine rings is 1. The van der Waals surface area contributed by atoms with Crippen LogP contribution in [0.4, 0.5) is 8.78 Å². The summed E-state index contributed by atoms with van der Waals surface area (Å²) in [4.78, 5) is 25.1. The van der Waals surface area contributed by atoms with Gasteiger partial charge in [-0.2, -0.15) is 0 Å². The second-order valence-corrected chi connectivity index (χ2v) is 3.38. The van der Waals surface area contributed by atoms with E-state index in [4.69, 9.17) is 0 Å². The molecule has 0 saturated heterocycles. The second-order valence-electron chi connectivity index (χ2n) is 3.38. The van der Waals surface area contributed by atoms with Gasteiger partial charge >= 0.3 is 5.97 Å². The average Bonchev–Trinajstić information content (AvgIpc) is 2.31. The number of hydrogen-bond donors (Lipinski definition) is 1. The van der Waals surface area contributed by atoms with Crippen LogP contribution >= 0.6 is 0 Å². The molecule has 0 saturated carbocycles. The van der Waals surface area contributed by atoms with E-state index in [1.807, 2.05) is 0 Å². The number of H-pyrrole nitrogens is 1. The van der Waals surface area contributed by atoms with Crippen LogP contribution in [0, 0.1) is 0 Å². The van der Waals surface area contributed by atoms with Gasteiger partial charge in [-0.15, -0.1) is 0 Å². The summed E-state index contributed by atoms with van der Waals surface area (Å²) in [6, 6.07) is 1.01. The molecule has 1 aromatic rings. The third-order valence-corrected chi connectivity index (χ3v) is 2.21. The molecule has 1 aromatic heterocycles. The Morgan fingerprint density at radius 1 is 1.50 bits per heavy atom. The van der Waals surface area contributed by atoms with Crippen molar-refractivity contribution in [3.8, 4) is 5.88 Å². The van der Waals surface area contributed by atoms with E-state index >= 15 is 0 Å². The molecule has 0 amide bonds. The first-order valence-electron chi connectivity index (χ1n) is 5.23. The van der Waals surface area contributed by atoms with Crippen LogP contribution in [0.2, 0.25) is 0 Å². The van der Waals surface area contributed by atoms with Crippen LogP contribution in [0.25, 0.3) is 0 Å².